The van der Waals surface area contributed by atoms with E-state index in [4.69, 9.17) is 4.74 Å². The zero-order valence-corrected chi connectivity index (χ0v) is 13.1. The Bertz CT molecular complexity index is 712. The Labute approximate surface area is 132 Å². The minimum Gasteiger partial charge on any atom is -0.479 e. The van der Waals surface area contributed by atoms with Gasteiger partial charge in [-0.2, -0.15) is 0 Å². The van der Waals surface area contributed by atoms with E-state index in [1.165, 1.54) is 0 Å². The number of anilines is 2. The molecule has 0 bridgehead atoms. The van der Waals surface area contributed by atoms with Crippen LogP contribution >= 0.6 is 11.3 Å². The van der Waals surface area contributed by atoms with Crippen molar-refractivity contribution in [2.45, 2.75) is 19.4 Å². The summed E-state index contributed by atoms with van der Waals surface area (Å²) in [4.78, 5) is 26.5. The maximum atomic E-state index is 12.0. The molecule has 0 fully saturated rings. The quantitative estimate of drug-likeness (QED) is 0.947. The molecule has 0 aliphatic carbocycles. The molecule has 3 rings (SSSR count). The molecule has 1 atom stereocenters. The van der Waals surface area contributed by atoms with E-state index in [2.05, 4.69) is 5.32 Å². The number of hydrogen-bond donors (Lipinski definition) is 1. The molecule has 1 aliphatic heterocycles. The van der Waals surface area contributed by atoms with Crippen LogP contribution in [0.3, 0.4) is 0 Å². The third-order valence-corrected chi connectivity index (χ3v) is 4.38. The molecular weight excluding hydrogens is 300 g/mol. The summed E-state index contributed by atoms with van der Waals surface area (Å²) in [6, 6.07) is 9.16. The standard InChI is InChI=1S/C16H16N2O3S/c1-10-16(20)18(2)13-8-11(5-6-14(13)21-10)17-15(19)9-12-4-3-7-22-12/h3-8,10H,9H2,1-2H3,(H,17,19). The highest BCUT2D eigenvalue weighted by Gasteiger charge is 2.29. The first-order chi connectivity index (χ1) is 10.5. The Morgan fingerprint density at radius 2 is 2.23 bits per heavy atom. The first-order valence-corrected chi connectivity index (χ1v) is 7.83. The lowest BCUT2D eigenvalue weighted by molar-refractivity contribution is -0.125. The fourth-order valence-corrected chi connectivity index (χ4v) is 3.07. The number of thiophene rings is 1. The summed E-state index contributed by atoms with van der Waals surface area (Å²) in [6.45, 7) is 1.72. The first-order valence-electron chi connectivity index (χ1n) is 6.95. The van der Waals surface area contributed by atoms with E-state index < -0.39 is 6.10 Å². The highest BCUT2D eigenvalue weighted by molar-refractivity contribution is 7.10. The second kappa shape index (κ2) is 5.81. The van der Waals surface area contributed by atoms with Gasteiger partial charge in [-0.05, 0) is 36.6 Å². The smallest absolute Gasteiger partial charge is 0.267 e. The average Bonchev–Trinajstić information content (AvgIpc) is 2.98. The summed E-state index contributed by atoms with van der Waals surface area (Å²) in [5.41, 5.74) is 1.31. The Kier molecular flexibility index (Phi) is 3.85. The lowest BCUT2D eigenvalue weighted by atomic mass is 10.2. The molecule has 0 saturated heterocycles. The van der Waals surface area contributed by atoms with Crippen LogP contribution in [0.4, 0.5) is 11.4 Å². The Balaban J connectivity index is 1.76. The van der Waals surface area contributed by atoms with E-state index in [9.17, 15) is 9.59 Å². The molecule has 2 amide bonds. The number of hydrogen-bond acceptors (Lipinski definition) is 4. The molecule has 114 valence electrons. The number of likely N-dealkylation sites (N-methyl/N-ethyl adjacent to an activating group) is 1. The summed E-state index contributed by atoms with van der Waals surface area (Å²) in [5, 5.41) is 4.80. The highest BCUT2D eigenvalue weighted by Crippen LogP contribution is 2.35. The van der Waals surface area contributed by atoms with Crippen molar-refractivity contribution in [1.29, 1.82) is 0 Å². The van der Waals surface area contributed by atoms with Crippen LogP contribution < -0.4 is 15.0 Å². The van der Waals surface area contributed by atoms with Gasteiger partial charge in [0.25, 0.3) is 5.91 Å². The predicted molar refractivity (Wildman–Crippen MR) is 86.6 cm³/mol. The van der Waals surface area contributed by atoms with Crippen LogP contribution in [-0.2, 0) is 16.0 Å². The molecule has 0 spiro atoms. The predicted octanol–water partition coefficient (Wildman–Crippen LogP) is 2.67. The molecule has 0 radical (unpaired) electrons. The van der Waals surface area contributed by atoms with Crippen molar-refractivity contribution in [3.05, 3.63) is 40.6 Å². The Morgan fingerprint density at radius 1 is 1.41 bits per heavy atom. The third-order valence-electron chi connectivity index (χ3n) is 3.50. The fourth-order valence-electron chi connectivity index (χ4n) is 2.37. The average molecular weight is 316 g/mol. The van der Waals surface area contributed by atoms with Gasteiger partial charge in [-0.25, -0.2) is 0 Å². The van der Waals surface area contributed by atoms with Crippen molar-refractivity contribution >= 4 is 34.5 Å². The van der Waals surface area contributed by atoms with Gasteiger partial charge < -0.3 is 15.0 Å². The van der Waals surface area contributed by atoms with E-state index >= 15 is 0 Å². The number of carbonyl (C=O) groups excluding carboxylic acids is 2. The van der Waals surface area contributed by atoms with Gasteiger partial charge in [0.1, 0.15) is 5.75 Å². The summed E-state index contributed by atoms with van der Waals surface area (Å²) < 4.78 is 5.56. The van der Waals surface area contributed by atoms with Gasteiger partial charge in [0.05, 0.1) is 12.1 Å². The minimum atomic E-state index is -0.489. The lowest BCUT2D eigenvalue weighted by Crippen LogP contribution is -2.41. The van der Waals surface area contributed by atoms with Gasteiger partial charge in [-0.3, -0.25) is 9.59 Å². The number of carbonyl (C=O) groups is 2. The molecule has 1 N–H and O–H groups in total. The molecule has 1 aromatic carbocycles. The summed E-state index contributed by atoms with van der Waals surface area (Å²) >= 11 is 1.55. The monoisotopic (exact) mass is 316 g/mol. The highest BCUT2D eigenvalue weighted by atomic mass is 32.1. The van der Waals surface area contributed by atoms with Crippen molar-refractivity contribution in [3.63, 3.8) is 0 Å². The van der Waals surface area contributed by atoms with Crippen molar-refractivity contribution in [2.75, 3.05) is 17.3 Å². The molecule has 1 aliphatic rings. The summed E-state index contributed by atoms with van der Waals surface area (Å²) in [5.74, 6) is 0.460. The number of ether oxygens (including phenoxy) is 1. The van der Waals surface area contributed by atoms with E-state index in [1.807, 2.05) is 17.5 Å². The van der Waals surface area contributed by atoms with Crippen LogP contribution in [0.1, 0.15) is 11.8 Å². The van der Waals surface area contributed by atoms with Crippen molar-refractivity contribution in [2.24, 2.45) is 0 Å². The SMILES string of the molecule is CC1Oc2ccc(NC(=O)Cc3cccs3)cc2N(C)C1=O. The van der Waals surface area contributed by atoms with Crippen LogP contribution in [0.5, 0.6) is 5.75 Å². The largest absolute Gasteiger partial charge is 0.479 e. The number of amides is 2. The van der Waals surface area contributed by atoms with Crippen molar-refractivity contribution in [1.82, 2.24) is 0 Å². The van der Waals surface area contributed by atoms with Gasteiger partial charge in [0, 0.05) is 17.6 Å². The van der Waals surface area contributed by atoms with Crippen LogP contribution in [-0.4, -0.2) is 25.0 Å². The van der Waals surface area contributed by atoms with Crippen LogP contribution in [0.2, 0.25) is 0 Å². The molecular formula is C16H16N2O3S. The van der Waals surface area contributed by atoms with E-state index in [1.54, 1.807) is 48.4 Å². The van der Waals surface area contributed by atoms with E-state index in [0.717, 1.165) is 4.88 Å². The van der Waals surface area contributed by atoms with Gasteiger partial charge in [-0.15, -0.1) is 11.3 Å². The Hall–Kier alpha value is -2.34. The summed E-state index contributed by atoms with van der Waals surface area (Å²) in [6.07, 6.45) is -0.145. The summed E-state index contributed by atoms with van der Waals surface area (Å²) in [7, 11) is 1.71. The lowest BCUT2D eigenvalue weighted by Gasteiger charge is -2.30. The maximum Gasteiger partial charge on any atom is 0.267 e. The van der Waals surface area contributed by atoms with Crippen LogP contribution in [0, 0.1) is 0 Å². The molecule has 1 unspecified atom stereocenters. The van der Waals surface area contributed by atoms with E-state index in [-0.39, 0.29) is 11.8 Å². The van der Waals surface area contributed by atoms with Gasteiger partial charge >= 0.3 is 0 Å². The molecule has 2 aromatic rings. The molecule has 5 nitrogen and oxygen atoms in total. The van der Waals surface area contributed by atoms with Gasteiger partial charge in [0.15, 0.2) is 6.10 Å². The number of rotatable bonds is 3. The third kappa shape index (κ3) is 2.82. The second-order valence-corrected chi connectivity index (χ2v) is 6.18. The second-order valence-electron chi connectivity index (χ2n) is 5.14. The topological polar surface area (TPSA) is 58.6 Å². The number of nitrogens with zero attached hydrogens (tertiary/aromatic N) is 1. The van der Waals surface area contributed by atoms with Gasteiger partial charge in [-0.1, -0.05) is 6.07 Å². The zero-order valence-electron chi connectivity index (χ0n) is 12.3. The van der Waals surface area contributed by atoms with E-state index in [0.29, 0.717) is 23.5 Å². The molecule has 22 heavy (non-hydrogen) atoms. The molecule has 0 saturated carbocycles. The molecule has 1 aromatic heterocycles. The van der Waals surface area contributed by atoms with Crippen LogP contribution in [0.25, 0.3) is 0 Å². The number of benzene rings is 1. The molecule has 6 heteroatoms. The van der Waals surface area contributed by atoms with Crippen molar-refractivity contribution < 1.29 is 14.3 Å². The zero-order chi connectivity index (χ0) is 15.7. The van der Waals surface area contributed by atoms with Crippen LogP contribution in [0.15, 0.2) is 35.7 Å². The number of fused-ring (bicyclic) bond motifs is 1. The fraction of sp³-hybridized carbons (Fsp3) is 0.250. The minimum absolute atomic E-state index is 0.0820. The first kappa shape index (κ1) is 14.6. The van der Waals surface area contributed by atoms with Crippen molar-refractivity contribution in [3.8, 4) is 5.75 Å². The normalized spacial score (nSPS) is 16.9. The maximum absolute atomic E-state index is 12.0. The molecule has 2 heterocycles. The number of nitrogens with one attached hydrogen (secondary N) is 1. The Morgan fingerprint density at radius 3 is 2.95 bits per heavy atom. The van der Waals surface area contributed by atoms with Gasteiger partial charge in [0.2, 0.25) is 5.91 Å².